The average molecular weight is 1370 g/mol. The van der Waals surface area contributed by atoms with Gasteiger partial charge in [-0.2, -0.15) is 5.26 Å². The molecule has 14 aromatic carbocycles. The van der Waals surface area contributed by atoms with Crippen LogP contribution in [0.2, 0.25) is 0 Å². The second kappa shape index (κ2) is 24.9. The van der Waals surface area contributed by atoms with Crippen molar-refractivity contribution in [2.24, 2.45) is 0 Å². The van der Waals surface area contributed by atoms with Gasteiger partial charge in [0.2, 0.25) is 0 Å². The topological polar surface area (TPSA) is 45.1 Å². The first-order chi connectivity index (χ1) is 57.1. The fourth-order valence-corrected chi connectivity index (χ4v) is 16.4. The minimum absolute atomic E-state index is 0.00581. The Hall–Kier alpha value is -12.9. The molecule has 506 valence electrons. The van der Waals surface area contributed by atoms with Crippen molar-refractivity contribution in [1.29, 1.82) is 5.26 Å². The number of fused-ring (bicyclic) bond motifs is 13. The predicted molar refractivity (Wildman–Crippen MR) is 450 cm³/mol. The predicted octanol–water partition coefficient (Wildman–Crippen LogP) is 23.7. The lowest BCUT2D eigenvalue weighted by Crippen LogP contribution is -2.62. The minimum atomic E-state index is -0.690. The van der Waals surface area contributed by atoms with Gasteiger partial charge in [-0.1, -0.05) is 266 Å². The van der Waals surface area contributed by atoms with E-state index in [0.717, 1.165) is 93.6 Å². The molecule has 0 saturated heterocycles. The third-order valence-corrected chi connectivity index (χ3v) is 21.6. The first-order valence-electron chi connectivity index (χ1n) is 42.5. The third kappa shape index (κ3) is 10.4. The van der Waals surface area contributed by atoms with Crippen molar-refractivity contribution >= 4 is 128 Å². The molecule has 6 nitrogen and oxygen atoms in total. The molecule has 7 heteroatoms. The van der Waals surface area contributed by atoms with Gasteiger partial charge in [0.25, 0.3) is 6.71 Å². The molecule has 2 aliphatic heterocycles. The van der Waals surface area contributed by atoms with Gasteiger partial charge < -0.3 is 23.5 Å². The number of nitriles is 1. The fourth-order valence-electron chi connectivity index (χ4n) is 16.4. The molecule has 106 heavy (non-hydrogen) atoms. The number of allylic oxidation sites excluding steroid dienone is 3. The van der Waals surface area contributed by atoms with Gasteiger partial charge in [0.1, 0.15) is 6.07 Å². The zero-order valence-corrected chi connectivity index (χ0v) is 59.6. The maximum Gasteiger partial charge on any atom is 0.252 e. The zero-order chi connectivity index (χ0) is 83.0. The molecule has 0 aliphatic carbocycles. The number of rotatable bonds is 11. The fraction of sp³-hybridized carbons (Fsp3) is 0.101. The molecule has 19 rings (SSSR count). The quantitative estimate of drug-likeness (QED) is 0.0958. The zero-order valence-electron chi connectivity index (χ0n) is 72.6. The first kappa shape index (κ1) is 51.3. The molecule has 0 spiro atoms. The van der Waals surface area contributed by atoms with Crippen LogP contribution in [-0.4, -0.2) is 27.0 Å². The van der Waals surface area contributed by atoms with Gasteiger partial charge in [0.05, 0.1) is 62.2 Å². The van der Waals surface area contributed by atoms with E-state index in [9.17, 15) is 16.2 Å². The minimum Gasteiger partial charge on any atom is -0.338 e. The SMILES string of the molecule is [2H]c1c([2H])c([2H])c(-c2ccccc2-c2cc3c4c(c2)N(c2cc(-n5c6ccccc6c6ccccc65)ccc2C#N)c2cc(-n5c6ccc(C(C)(C)C)cc6c6cc(C(C)(C)C)ccc65)ccc2B4c2ccc(-n4c5c([2H])c([2H])c([2H])c([2H])c5c5c([2H])c([2H])c([2H])c([2H])c54)cc2N3C/C=C(\C=C(/C)c2ccccc2)c2ccccc2)c([2H])c1[2H]. The van der Waals surface area contributed by atoms with Crippen LogP contribution in [0.3, 0.4) is 0 Å². The lowest BCUT2D eigenvalue weighted by atomic mass is 9.33. The van der Waals surface area contributed by atoms with Gasteiger partial charge >= 0.3 is 0 Å². The highest BCUT2D eigenvalue weighted by atomic mass is 15.2. The van der Waals surface area contributed by atoms with E-state index in [4.69, 9.17) is 6.85 Å². The molecule has 0 amide bonds. The largest absolute Gasteiger partial charge is 0.338 e. The second-order valence-electron chi connectivity index (χ2n) is 29.8. The van der Waals surface area contributed by atoms with E-state index in [1.165, 1.54) is 11.1 Å². The Kier molecular flexibility index (Phi) is 12.1. The van der Waals surface area contributed by atoms with E-state index in [2.05, 4.69) is 207 Å². The molecule has 3 aromatic heterocycles. The Bertz CT molecular complexity index is 7150. The van der Waals surface area contributed by atoms with Crippen molar-refractivity contribution in [2.45, 2.75) is 59.3 Å². The standard InChI is InChI=1S/C99H77BN6/c1-64(65-27-11-8-12-28-65)55-68(66-29-13-9-14-30-66)53-54-102-93-61-74(104-88-41-25-21-37-80(88)81-38-22-26-42-89(81)104)47-49-84(93)100-85-50-48-75(105-90-51-44-71(98(2,3)4)58-82(90)83-59-72(99(5,6)7)45-52-91(83)105)62-94(85)106(96-57-70(56-95(102)97(96)100)77-34-18-17-33-76(77)67-31-15-10-16-32-67)92-60-73(46-43-69(92)63-101)103-86-39-23-19-35-78(86)79-36-20-24-40-87(79)103/h8-53,55-62H,54H2,1-7H3/b64-55+,68-53+/i10D,15D,16D,21D,22D,25D,26D,31D,32D,37D,38D,41D,42D. The normalized spacial score (nSPS) is 14.8. The van der Waals surface area contributed by atoms with Crippen molar-refractivity contribution in [3.8, 4) is 45.4 Å². The van der Waals surface area contributed by atoms with Gasteiger partial charge in [0, 0.05) is 78.7 Å². The molecule has 0 N–H and O–H groups in total. The molecule has 0 radical (unpaired) electrons. The molecule has 0 fully saturated rings. The number of para-hydroxylation sites is 4. The summed E-state index contributed by atoms with van der Waals surface area (Å²) < 4.78 is 128. The van der Waals surface area contributed by atoms with Crippen molar-refractivity contribution in [1.82, 2.24) is 13.7 Å². The monoisotopic (exact) mass is 1370 g/mol. The summed E-state index contributed by atoms with van der Waals surface area (Å²) in [5.74, 6) is 0. The van der Waals surface area contributed by atoms with Gasteiger partial charge in [-0.25, -0.2) is 0 Å². The van der Waals surface area contributed by atoms with E-state index in [1.54, 1.807) is 16.7 Å². The Morgan fingerprint density at radius 2 is 0.877 bits per heavy atom. The van der Waals surface area contributed by atoms with Gasteiger partial charge in [-0.15, -0.1) is 0 Å². The molecule has 0 unspecified atom stereocenters. The van der Waals surface area contributed by atoms with Crippen LogP contribution in [0.4, 0.5) is 28.4 Å². The van der Waals surface area contributed by atoms with E-state index < -0.39 is 73.2 Å². The molecule has 0 bridgehead atoms. The van der Waals surface area contributed by atoms with Crippen molar-refractivity contribution in [3.05, 3.63) is 355 Å². The molecular weight excluding hydrogens is 1280 g/mol. The smallest absolute Gasteiger partial charge is 0.252 e. The summed E-state index contributed by atoms with van der Waals surface area (Å²) >= 11 is 0. The summed E-state index contributed by atoms with van der Waals surface area (Å²) in [7, 11) is 0. The Balaban J connectivity index is 0.979. The van der Waals surface area contributed by atoms with Crippen molar-refractivity contribution < 1.29 is 17.8 Å². The van der Waals surface area contributed by atoms with Crippen LogP contribution in [0.1, 0.15) is 94.1 Å². The second-order valence-corrected chi connectivity index (χ2v) is 29.8. The molecule has 0 saturated carbocycles. The van der Waals surface area contributed by atoms with Crippen LogP contribution in [0, 0.1) is 11.3 Å². The van der Waals surface area contributed by atoms with Gasteiger partial charge in [-0.05, 0) is 193 Å². The number of nitrogens with zero attached hydrogens (tertiary/aromatic N) is 6. The highest BCUT2D eigenvalue weighted by Gasteiger charge is 2.44. The van der Waals surface area contributed by atoms with Crippen LogP contribution < -0.4 is 26.2 Å². The summed E-state index contributed by atoms with van der Waals surface area (Å²) in [6.45, 7) is 14.9. The van der Waals surface area contributed by atoms with E-state index in [1.807, 2.05) is 103 Å². The van der Waals surface area contributed by atoms with Crippen molar-refractivity contribution in [2.75, 3.05) is 16.3 Å². The van der Waals surface area contributed by atoms with Crippen LogP contribution in [0.15, 0.2) is 327 Å². The maximum absolute atomic E-state index is 12.1. The first-order valence-corrected chi connectivity index (χ1v) is 36.0. The van der Waals surface area contributed by atoms with Gasteiger partial charge in [0.15, 0.2) is 0 Å². The van der Waals surface area contributed by atoms with Crippen LogP contribution in [-0.2, 0) is 10.8 Å². The maximum atomic E-state index is 12.1. The van der Waals surface area contributed by atoms with E-state index in [-0.39, 0.29) is 56.8 Å². The lowest BCUT2D eigenvalue weighted by Gasteiger charge is -2.45. The van der Waals surface area contributed by atoms with Gasteiger partial charge in [-0.3, -0.25) is 0 Å². The molecule has 2 aliphatic rings. The number of benzene rings is 14. The summed E-state index contributed by atoms with van der Waals surface area (Å²) in [6, 6.07) is 76.7. The van der Waals surface area contributed by atoms with E-state index >= 15 is 0 Å². The number of hydrogen-bond acceptors (Lipinski definition) is 3. The highest BCUT2D eigenvalue weighted by Crippen LogP contribution is 2.49. The van der Waals surface area contributed by atoms with Crippen LogP contribution >= 0.6 is 0 Å². The van der Waals surface area contributed by atoms with Crippen LogP contribution in [0.5, 0.6) is 0 Å². The summed E-state index contributed by atoms with van der Waals surface area (Å²) in [5, 5.41) is 16.2. The number of hydrogen-bond donors (Lipinski definition) is 0. The molecular formula is C99H77BN6. The third-order valence-electron chi connectivity index (χ3n) is 21.6. The number of aromatic nitrogens is 3. The molecule has 5 heterocycles. The molecule has 17 aromatic rings. The Morgan fingerprint density at radius 3 is 1.46 bits per heavy atom. The Morgan fingerprint density at radius 1 is 0.406 bits per heavy atom. The van der Waals surface area contributed by atoms with Crippen molar-refractivity contribution in [3.63, 3.8) is 0 Å². The van der Waals surface area contributed by atoms with E-state index in [0.29, 0.717) is 56.4 Å². The molecule has 0 atom stereocenters. The highest BCUT2D eigenvalue weighted by molar-refractivity contribution is 7.00. The summed E-state index contributed by atoms with van der Waals surface area (Å²) in [6.07, 6.45) is 4.35. The van der Waals surface area contributed by atoms with Crippen LogP contribution in [0.25, 0.3) is 116 Å². The lowest BCUT2D eigenvalue weighted by molar-refractivity contribution is 0.590. The summed E-state index contributed by atoms with van der Waals surface area (Å²) in [4.78, 5) is 4.43. The average Bonchev–Trinajstić information content (AvgIpc) is 1.69. The summed E-state index contributed by atoms with van der Waals surface area (Å²) in [5.41, 5.74) is 18.8. The number of anilines is 5. The Labute approximate surface area is 637 Å².